The highest BCUT2D eigenvalue weighted by molar-refractivity contribution is 6.32. The van der Waals surface area contributed by atoms with Gasteiger partial charge in [-0.15, -0.1) is 5.10 Å². The summed E-state index contributed by atoms with van der Waals surface area (Å²) in [5.41, 5.74) is 0.382. The molecule has 1 aliphatic heterocycles. The van der Waals surface area contributed by atoms with Crippen LogP contribution < -0.4 is 0 Å². The number of cyclic esters (lactones) is 2. The molecule has 2 aromatic rings. The van der Waals surface area contributed by atoms with Crippen molar-refractivity contribution >= 4 is 23.5 Å². The summed E-state index contributed by atoms with van der Waals surface area (Å²) in [6, 6.07) is 6.78. The van der Waals surface area contributed by atoms with Crippen molar-refractivity contribution in [1.82, 2.24) is 15.0 Å². The van der Waals surface area contributed by atoms with Gasteiger partial charge in [0.2, 0.25) is 5.69 Å². The number of ether oxygens (including phenoxy) is 1. The van der Waals surface area contributed by atoms with Crippen LogP contribution in [0.25, 0.3) is 5.69 Å². The third-order valence-corrected chi connectivity index (χ3v) is 2.64. The summed E-state index contributed by atoms with van der Waals surface area (Å²) in [4.78, 5) is 22.7. The van der Waals surface area contributed by atoms with Crippen molar-refractivity contribution in [3.63, 3.8) is 0 Å². The van der Waals surface area contributed by atoms with E-state index in [4.69, 9.17) is 11.6 Å². The molecule has 1 aromatic heterocycles. The number of carbonyl (C=O) groups excluding carboxylic acids is 2. The van der Waals surface area contributed by atoms with E-state index >= 15 is 0 Å². The average molecular weight is 250 g/mol. The molecular weight excluding hydrogens is 246 g/mol. The molecule has 2 heterocycles. The quantitative estimate of drug-likeness (QED) is 0.561. The number of aromatic nitrogens is 3. The van der Waals surface area contributed by atoms with Crippen molar-refractivity contribution in [3.8, 4) is 5.69 Å². The Labute approximate surface area is 99.7 Å². The fourth-order valence-corrected chi connectivity index (χ4v) is 1.79. The Morgan fingerprint density at radius 2 is 1.94 bits per heavy atom. The van der Waals surface area contributed by atoms with Gasteiger partial charge in [0, 0.05) is 0 Å². The largest absolute Gasteiger partial charge is 0.383 e. The third kappa shape index (κ3) is 1.34. The molecule has 7 heteroatoms. The second-order valence-electron chi connectivity index (χ2n) is 3.33. The van der Waals surface area contributed by atoms with Gasteiger partial charge in [0.25, 0.3) is 0 Å². The molecule has 0 saturated heterocycles. The average Bonchev–Trinajstić information content (AvgIpc) is 2.83. The molecular formula is C10H4ClN3O3. The monoisotopic (exact) mass is 249 g/mol. The molecule has 1 aliphatic rings. The van der Waals surface area contributed by atoms with Crippen LogP contribution in [0.5, 0.6) is 0 Å². The van der Waals surface area contributed by atoms with Gasteiger partial charge in [-0.2, -0.15) is 0 Å². The smallest absolute Gasteiger partial charge is 0.369 e. The van der Waals surface area contributed by atoms with E-state index in [1.807, 2.05) is 0 Å². The zero-order valence-electron chi connectivity index (χ0n) is 8.25. The number of esters is 2. The third-order valence-electron chi connectivity index (χ3n) is 2.32. The maximum absolute atomic E-state index is 11.5. The van der Waals surface area contributed by atoms with Crippen molar-refractivity contribution in [1.29, 1.82) is 0 Å². The molecule has 0 saturated carbocycles. The number of fused-ring (bicyclic) bond motifs is 1. The van der Waals surface area contributed by atoms with Crippen molar-refractivity contribution in [2.24, 2.45) is 0 Å². The van der Waals surface area contributed by atoms with Gasteiger partial charge in [0.15, 0.2) is 5.69 Å². The first kappa shape index (κ1) is 9.98. The Morgan fingerprint density at radius 1 is 1.18 bits per heavy atom. The summed E-state index contributed by atoms with van der Waals surface area (Å²) in [5, 5.41) is 7.73. The molecule has 0 aliphatic carbocycles. The molecule has 0 amide bonds. The first-order chi connectivity index (χ1) is 8.18. The van der Waals surface area contributed by atoms with Gasteiger partial charge in [-0.05, 0) is 12.1 Å². The van der Waals surface area contributed by atoms with Crippen LogP contribution in [0, 0.1) is 0 Å². The maximum Gasteiger partial charge on any atom is 0.369 e. The number of hydrogen-bond donors (Lipinski definition) is 0. The van der Waals surface area contributed by atoms with Crippen molar-refractivity contribution in [3.05, 3.63) is 40.7 Å². The lowest BCUT2D eigenvalue weighted by atomic mass is 10.3. The Bertz CT molecular complexity index is 650. The van der Waals surface area contributed by atoms with E-state index in [1.54, 1.807) is 24.3 Å². The van der Waals surface area contributed by atoms with Crippen LogP contribution in [0.1, 0.15) is 21.0 Å². The molecule has 0 fully saturated rings. The number of hydrogen-bond acceptors (Lipinski definition) is 5. The predicted octanol–water partition coefficient (Wildman–Crippen LogP) is 1.23. The first-order valence-corrected chi connectivity index (χ1v) is 5.03. The molecule has 3 rings (SSSR count). The molecule has 17 heavy (non-hydrogen) atoms. The molecule has 6 nitrogen and oxygen atoms in total. The zero-order chi connectivity index (χ0) is 12.0. The second-order valence-corrected chi connectivity index (χ2v) is 3.73. The molecule has 0 atom stereocenters. The summed E-state index contributed by atoms with van der Waals surface area (Å²) < 4.78 is 5.63. The van der Waals surface area contributed by atoms with E-state index < -0.39 is 11.9 Å². The van der Waals surface area contributed by atoms with Gasteiger partial charge in [-0.3, -0.25) is 0 Å². The predicted molar refractivity (Wildman–Crippen MR) is 56.1 cm³/mol. The van der Waals surface area contributed by atoms with Crippen molar-refractivity contribution in [2.45, 2.75) is 0 Å². The summed E-state index contributed by atoms with van der Waals surface area (Å²) in [6.45, 7) is 0. The van der Waals surface area contributed by atoms with Gasteiger partial charge in [0.05, 0.1) is 10.7 Å². The molecule has 0 spiro atoms. The van der Waals surface area contributed by atoms with Gasteiger partial charge in [-0.25, -0.2) is 14.3 Å². The summed E-state index contributed by atoms with van der Waals surface area (Å²) in [6.07, 6.45) is 0. The van der Waals surface area contributed by atoms with Crippen LogP contribution in [0.2, 0.25) is 5.02 Å². The van der Waals surface area contributed by atoms with Crippen LogP contribution >= 0.6 is 11.6 Å². The van der Waals surface area contributed by atoms with Crippen LogP contribution in [-0.2, 0) is 4.74 Å². The van der Waals surface area contributed by atoms with Crippen LogP contribution in [0.4, 0.5) is 0 Å². The van der Waals surface area contributed by atoms with E-state index in [9.17, 15) is 9.59 Å². The molecule has 0 N–H and O–H groups in total. The molecule has 84 valence electrons. The standard InChI is InChI=1S/C10H4ClN3O3/c11-5-3-1-2-4-6(5)14-8-7(12-13-14)9(15)17-10(8)16/h1-4H. The summed E-state index contributed by atoms with van der Waals surface area (Å²) in [7, 11) is 0. The SMILES string of the molecule is O=C1OC(=O)c2c1nnn2-c1ccccc1Cl. The van der Waals surface area contributed by atoms with Gasteiger partial charge in [-0.1, -0.05) is 28.9 Å². The summed E-state index contributed by atoms with van der Waals surface area (Å²) >= 11 is 5.98. The maximum atomic E-state index is 11.5. The number of rotatable bonds is 1. The van der Waals surface area contributed by atoms with E-state index in [-0.39, 0.29) is 11.4 Å². The van der Waals surface area contributed by atoms with Gasteiger partial charge in [0.1, 0.15) is 0 Å². The van der Waals surface area contributed by atoms with E-state index in [1.165, 1.54) is 4.68 Å². The minimum absolute atomic E-state index is 0.00287. The van der Waals surface area contributed by atoms with E-state index in [0.717, 1.165) is 0 Å². The highest BCUT2D eigenvalue weighted by Crippen LogP contribution is 2.24. The minimum Gasteiger partial charge on any atom is -0.383 e. The summed E-state index contributed by atoms with van der Waals surface area (Å²) in [5.74, 6) is -1.56. The van der Waals surface area contributed by atoms with Crippen molar-refractivity contribution < 1.29 is 14.3 Å². The molecule has 1 aromatic carbocycles. The number of para-hydroxylation sites is 1. The molecule has 0 unspecified atom stereocenters. The topological polar surface area (TPSA) is 74.1 Å². The van der Waals surface area contributed by atoms with E-state index in [0.29, 0.717) is 10.7 Å². The number of nitrogens with zero attached hydrogens (tertiary/aromatic N) is 3. The number of carbonyl (C=O) groups is 2. The Balaban J connectivity index is 2.25. The highest BCUT2D eigenvalue weighted by atomic mass is 35.5. The Kier molecular flexibility index (Phi) is 1.99. The fourth-order valence-electron chi connectivity index (χ4n) is 1.58. The molecule has 0 bridgehead atoms. The normalized spacial score (nSPS) is 13.7. The first-order valence-electron chi connectivity index (χ1n) is 4.65. The Morgan fingerprint density at radius 3 is 2.71 bits per heavy atom. The van der Waals surface area contributed by atoms with E-state index in [2.05, 4.69) is 15.0 Å². The van der Waals surface area contributed by atoms with Crippen molar-refractivity contribution in [2.75, 3.05) is 0 Å². The zero-order valence-corrected chi connectivity index (χ0v) is 9.01. The Hall–Kier alpha value is -2.21. The van der Waals surface area contributed by atoms with Crippen LogP contribution in [-0.4, -0.2) is 26.9 Å². The lowest BCUT2D eigenvalue weighted by Crippen LogP contribution is -2.08. The van der Waals surface area contributed by atoms with Crippen LogP contribution in [0.15, 0.2) is 24.3 Å². The second kappa shape index (κ2) is 3.39. The number of halogens is 1. The number of benzene rings is 1. The lowest BCUT2D eigenvalue weighted by Gasteiger charge is -2.03. The van der Waals surface area contributed by atoms with Gasteiger partial charge < -0.3 is 4.74 Å². The molecule has 0 radical (unpaired) electrons. The van der Waals surface area contributed by atoms with Gasteiger partial charge >= 0.3 is 11.9 Å². The minimum atomic E-state index is -0.789. The fraction of sp³-hybridized carbons (Fsp3) is 0. The lowest BCUT2D eigenvalue weighted by molar-refractivity contribution is 0.0434. The van der Waals surface area contributed by atoms with Crippen LogP contribution in [0.3, 0.4) is 0 Å². The highest BCUT2D eigenvalue weighted by Gasteiger charge is 2.37.